The number of rotatable bonds is 3. The van der Waals surface area contributed by atoms with Gasteiger partial charge in [-0.25, -0.2) is 0 Å². The van der Waals surface area contributed by atoms with Crippen LogP contribution in [0, 0.1) is 5.41 Å². The summed E-state index contributed by atoms with van der Waals surface area (Å²) in [6.45, 7) is 2.00. The molecule has 1 saturated carbocycles. The van der Waals surface area contributed by atoms with E-state index in [0.29, 0.717) is 32.6 Å². The van der Waals surface area contributed by atoms with Gasteiger partial charge in [-0.1, -0.05) is 12.8 Å². The first-order chi connectivity index (χ1) is 8.93. The number of hydrogen-bond acceptors (Lipinski definition) is 3. The Morgan fingerprint density at radius 2 is 1.90 bits per heavy atom. The maximum Gasteiger partial charge on any atom is 0.415 e. The topological polar surface area (TPSA) is 92.4 Å². The summed E-state index contributed by atoms with van der Waals surface area (Å²) < 4.78 is 38.1. The van der Waals surface area contributed by atoms with Crippen LogP contribution in [0.4, 0.5) is 13.2 Å². The highest BCUT2D eigenvalue weighted by molar-refractivity contribution is 5.87. The summed E-state index contributed by atoms with van der Waals surface area (Å²) >= 11 is 0. The van der Waals surface area contributed by atoms with Gasteiger partial charge in [0.2, 0.25) is 5.91 Å². The molecular formula is C12H19F3N2O3. The monoisotopic (exact) mass is 296 g/mol. The summed E-state index contributed by atoms with van der Waals surface area (Å²) in [6.07, 6.45) is -2.95. The number of halogens is 3. The van der Waals surface area contributed by atoms with E-state index in [1.165, 1.54) is 6.92 Å². The van der Waals surface area contributed by atoms with Crippen molar-refractivity contribution in [2.75, 3.05) is 0 Å². The normalized spacial score (nSPS) is 30.4. The fourth-order valence-electron chi connectivity index (χ4n) is 2.26. The SMILES string of the molecule is CC1(C(=O)O)CCCCC1NC(=O)C(C)(N)C(F)(F)F. The highest BCUT2D eigenvalue weighted by Crippen LogP contribution is 2.37. The van der Waals surface area contributed by atoms with Gasteiger partial charge < -0.3 is 16.2 Å². The summed E-state index contributed by atoms with van der Waals surface area (Å²) in [7, 11) is 0. The Morgan fingerprint density at radius 3 is 2.35 bits per heavy atom. The predicted octanol–water partition coefficient (Wildman–Crippen LogP) is 1.42. The molecule has 0 bridgehead atoms. The number of hydrogen-bond donors (Lipinski definition) is 3. The quantitative estimate of drug-likeness (QED) is 0.734. The van der Waals surface area contributed by atoms with E-state index >= 15 is 0 Å². The van der Waals surface area contributed by atoms with Crippen LogP contribution < -0.4 is 11.1 Å². The Kier molecular flexibility index (Phi) is 4.38. The molecule has 1 fully saturated rings. The van der Waals surface area contributed by atoms with Crippen molar-refractivity contribution < 1.29 is 27.9 Å². The summed E-state index contributed by atoms with van der Waals surface area (Å²) in [5.74, 6) is -2.53. The first kappa shape index (κ1) is 16.7. The minimum atomic E-state index is -4.90. The van der Waals surface area contributed by atoms with Crippen LogP contribution in [0.2, 0.25) is 0 Å². The van der Waals surface area contributed by atoms with Crippen LogP contribution in [0.1, 0.15) is 39.5 Å². The molecule has 0 aromatic heterocycles. The average molecular weight is 296 g/mol. The van der Waals surface area contributed by atoms with Crippen molar-refractivity contribution >= 4 is 11.9 Å². The third kappa shape index (κ3) is 2.89. The highest BCUT2D eigenvalue weighted by atomic mass is 19.4. The van der Waals surface area contributed by atoms with Crippen LogP contribution >= 0.6 is 0 Å². The number of carboxylic acid groups (broad SMARTS) is 1. The molecule has 0 aromatic carbocycles. The molecular weight excluding hydrogens is 277 g/mol. The van der Waals surface area contributed by atoms with Crippen molar-refractivity contribution in [3.8, 4) is 0 Å². The molecule has 0 aromatic rings. The molecule has 1 aliphatic rings. The van der Waals surface area contributed by atoms with Gasteiger partial charge in [0.05, 0.1) is 5.41 Å². The number of amides is 1. The first-order valence-electron chi connectivity index (χ1n) is 6.33. The van der Waals surface area contributed by atoms with E-state index in [0.717, 1.165) is 0 Å². The van der Waals surface area contributed by atoms with Gasteiger partial charge in [0, 0.05) is 6.04 Å². The fourth-order valence-corrected chi connectivity index (χ4v) is 2.26. The molecule has 0 radical (unpaired) electrons. The van der Waals surface area contributed by atoms with E-state index in [-0.39, 0.29) is 0 Å². The van der Waals surface area contributed by atoms with Crippen LogP contribution in [0.3, 0.4) is 0 Å². The zero-order valence-corrected chi connectivity index (χ0v) is 11.4. The molecule has 8 heteroatoms. The van der Waals surface area contributed by atoms with Gasteiger partial charge in [0.1, 0.15) is 0 Å². The zero-order valence-electron chi connectivity index (χ0n) is 11.4. The zero-order chi connectivity index (χ0) is 15.8. The summed E-state index contributed by atoms with van der Waals surface area (Å²) in [4.78, 5) is 23.1. The molecule has 4 N–H and O–H groups in total. The fraction of sp³-hybridized carbons (Fsp3) is 0.833. The summed E-state index contributed by atoms with van der Waals surface area (Å²) in [5.41, 5.74) is 0.729. The molecule has 3 unspecified atom stereocenters. The smallest absolute Gasteiger partial charge is 0.415 e. The molecule has 3 atom stereocenters. The molecule has 0 saturated heterocycles. The Balaban J connectivity index is 2.91. The van der Waals surface area contributed by atoms with E-state index in [2.05, 4.69) is 5.32 Å². The van der Waals surface area contributed by atoms with Crippen LogP contribution in [-0.2, 0) is 9.59 Å². The van der Waals surface area contributed by atoms with E-state index in [9.17, 15) is 27.9 Å². The van der Waals surface area contributed by atoms with Crippen LogP contribution in [0.5, 0.6) is 0 Å². The van der Waals surface area contributed by atoms with Gasteiger partial charge in [0.15, 0.2) is 5.54 Å². The lowest BCUT2D eigenvalue weighted by molar-refractivity contribution is -0.188. The number of carbonyl (C=O) groups is 2. The largest absolute Gasteiger partial charge is 0.481 e. The molecule has 5 nitrogen and oxygen atoms in total. The second kappa shape index (κ2) is 5.23. The van der Waals surface area contributed by atoms with Crippen molar-refractivity contribution in [1.29, 1.82) is 0 Å². The van der Waals surface area contributed by atoms with Gasteiger partial charge in [0.25, 0.3) is 0 Å². The maximum absolute atomic E-state index is 12.7. The molecule has 1 aliphatic carbocycles. The third-order valence-electron chi connectivity index (χ3n) is 4.06. The standard InChI is InChI=1S/C12H19F3N2O3/c1-10(9(19)20)6-4-3-5-7(10)17-8(18)11(2,16)12(13,14)15/h7H,3-6,16H2,1-2H3,(H,17,18)(H,19,20). The van der Waals surface area contributed by atoms with Gasteiger partial charge >= 0.3 is 12.1 Å². The summed E-state index contributed by atoms with van der Waals surface area (Å²) in [5, 5.41) is 11.4. The molecule has 0 heterocycles. The number of alkyl halides is 3. The number of aliphatic carboxylic acids is 1. The minimum absolute atomic E-state index is 0.306. The van der Waals surface area contributed by atoms with Crippen molar-refractivity contribution in [3.63, 3.8) is 0 Å². The van der Waals surface area contributed by atoms with E-state index in [1.54, 1.807) is 0 Å². The van der Waals surface area contributed by atoms with Gasteiger partial charge in [-0.3, -0.25) is 9.59 Å². The van der Waals surface area contributed by atoms with E-state index in [1.807, 2.05) is 0 Å². The molecule has 0 spiro atoms. The highest BCUT2D eigenvalue weighted by Gasteiger charge is 2.55. The lowest BCUT2D eigenvalue weighted by Gasteiger charge is -2.40. The van der Waals surface area contributed by atoms with Crippen molar-refractivity contribution in [2.24, 2.45) is 11.1 Å². The number of carboxylic acids is 1. The van der Waals surface area contributed by atoms with Gasteiger partial charge in [-0.05, 0) is 26.7 Å². The van der Waals surface area contributed by atoms with Gasteiger partial charge in [-0.2, -0.15) is 13.2 Å². The minimum Gasteiger partial charge on any atom is -0.481 e. The Hall–Kier alpha value is -1.31. The van der Waals surface area contributed by atoms with E-state index in [4.69, 9.17) is 5.73 Å². The van der Waals surface area contributed by atoms with Crippen molar-refractivity contribution in [3.05, 3.63) is 0 Å². The third-order valence-corrected chi connectivity index (χ3v) is 4.06. The molecule has 116 valence electrons. The number of nitrogens with two attached hydrogens (primary N) is 1. The molecule has 1 amide bonds. The molecule has 20 heavy (non-hydrogen) atoms. The maximum atomic E-state index is 12.7. The lowest BCUT2D eigenvalue weighted by Crippen LogP contribution is -2.65. The van der Waals surface area contributed by atoms with Gasteiger partial charge in [-0.15, -0.1) is 0 Å². The van der Waals surface area contributed by atoms with Crippen molar-refractivity contribution in [2.45, 2.75) is 57.3 Å². The lowest BCUT2D eigenvalue weighted by atomic mass is 9.71. The molecule has 0 aliphatic heterocycles. The number of carbonyl (C=O) groups excluding carboxylic acids is 1. The van der Waals surface area contributed by atoms with Crippen LogP contribution in [0.15, 0.2) is 0 Å². The second-order valence-corrected chi connectivity index (χ2v) is 5.69. The van der Waals surface area contributed by atoms with Crippen LogP contribution in [-0.4, -0.2) is 34.7 Å². The average Bonchev–Trinajstić information content (AvgIpc) is 2.30. The summed E-state index contributed by atoms with van der Waals surface area (Å²) in [6, 6.07) is -0.855. The van der Waals surface area contributed by atoms with Crippen molar-refractivity contribution in [1.82, 2.24) is 5.32 Å². The Morgan fingerprint density at radius 1 is 1.35 bits per heavy atom. The predicted molar refractivity (Wildman–Crippen MR) is 64.8 cm³/mol. The Labute approximate surface area is 114 Å². The molecule has 1 rings (SSSR count). The second-order valence-electron chi connectivity index (χ2n) is 5.69. The van der Waals surface area contributed by atoms with Crippen LogP contribution in [0.25, 0.3) is 0 Å². The number of nitrogens with one attached hydrogen (secondary N) is 1. The Bertz CT molecular complexity index is 409. The van der Waals surface area contributed by atoms with E-state index < -0.39 is 35.0 Å². The first-order valence-corrected chi connectivity index (χ1v) is 6.33.